The zero-order chi connectivity index (χ0) is 20.9. The van der Waals surface area contributed by atoms with E-state index in [-0.39, 0.29) is 23.4 Å². The number of amides is 1. The molecule has 3 rings (SSSR count). The monoisotopic (exact) mass is 414 g/mol. The van der Waals surface area contributed by atoms with E-state index in [0.717, 1.165) is 36.8 Å². The molecule has 0 aliphatic heterocycles. The average molecular weight is 415 g/mol. The maximum atomic E-state index is 13.4. The number of anilines is 1. The van der Waals surface area contributed by atoms with Crippen LogP contribution in [0.15, 0.2) is 53.4 Å². The van der Waals surface area contributed by atoms with Crippen LogP contribution in [0.5, 0.6) is 0 Å². The zero-order valence-electron chi connectivity index (χ0n) is 17.2. The molecule has 156 valence electrons. The number of carbonyl (C=O) groups excluding carboxylic acids is 1. The fourth-order valence-corrected chi connectivity index (χ4v) is 5.35. The van der Waals surface area contributed by atoms with Crippen molar-refractivity contribution in [3.63, 3.8) is 0 Å². The Kier molecular flexibility index (Phi) is 6.96. The summed E-state index contributed by atoms with van der Waals surface area (Å²) >= 11 is 0. The topological polar surface area (TPSA) is 66.5 Å². The summed E-state index contributed by atoms with van der Waals surface area (Å²) in [7, 11) is -3.86. The summed E-state index contributed by atoms with van der Waals surface area (Å²) in [5.41, 5.74) is 2.39. The van der Waals surface area contributed by atoms with Gasteiger partial charge in [-0.1, -0.05) is 56.0 Å². The molecule has 0 saturated heterocycles. The van der Waals surface area contributed by atoms with E-state index in [1.165, 1.54) is 17.1 Å². The molecule has 1 fully saturated rings. The first kappa shape index (κ1) is 21.4. The Bertz CT molecular complexity index is 934. The van der Waals surface area contributed by atoms with Crippen LogP contribution >= 0.6 is 0 Å². The second kappa shape index (κ2) is 9.44. The van der Waals surface area contributed by atoms with Crippen LogP contribution < -0.4 is 9.62 Å². The van der Waals surface area contributed by atoms with Gasteiger partial charge in [0, 0.05) is 6.04 Å². The molecule has 2 aromatic carbocycles. The SMILES string of the molecule is Cc1cccc(N(CC(=O)NC2CCCCCC2)S(=O)(=O)c2ccccc2)c1C. The number of nitrogens with zero attached hydrogens (tertiary/aromatic N) is 1. The highest BCUT2D eigenvalue weighted by molar-refractivity contribution is 7.92. The molecular weight excluding hydrogens is 384 g/mol. The minimum absolute atomic E-state index is 0.130. The van der Waals surface area contributed by atoms with Gasteiger partial charge in [0.1, 0.15) is 6.54 Å². The van der Waals surface area contributed by atoms with Crippen LogP contribution in [0.3, 0.4) is 0 Å². The number of aryl methyl sites for hydroxylation is 1. The number of hydrogen-bond donors (Lipinski definition) is 1. The molecular formula is C23H30N2O3S. The molecule has 1 aliphatic carbocycles. The van der Waals surface area contributed by atoms with Crippen molar-refractivity contribution in [3.05, 3.63) is 59.7 Å². The molecule has 29 heavy (non-hydrogen) atoms. The van der Waals surface area contributed by atoms with Gasteiger partial charge in [0.2, 0.25) is 5.91 Å². The van der Waals surface area contributed by atoms with Gasteiger partial charge in [0.15, 0.2) is 0 Å². The smallest absolute Gasteiger partial charge is 0.264 e. The number of hydrogen-bond acceptors (Lipinski definition) is 3. The number of rotatable bonds is 6. The Morgan fingerprint density at radius 3 is 2.28 bits per heavy atom. The number of sulfonamides is 1. The first-order valence-electron chi connectivity index (χ1n) is 10.3. The van der Waals surface area contributed by atoms with Gasteiger partial charge >= 0.3 is 0 Å². The third kappa shape index (κ3) is 5.18. The number of carbonyl (C=O) groups is 1. The highest BCUT2D eigenvalue weighted by atomic mass is 32.2. The molecule has 0 heterocycles. The van der Waals surface area contributed by atoms with E-state index >= 15 is 0 Å². The van der Waals surface area contributed by atoms with Crippen LogP contribution in [0.25, 0.3) is 0 Å². The first-order valence-corrected chi connectivity index (χ1v) is 11.8. The molecule has 1 aliphatic rings. The maximum Gasteiger partial charge on any atom is 0.264 e. The molecule has 0 radical (unpaired) electrons. The third-order valence-corrected chi connectivity index (χ3v) is 7.46. The van der Waals surface area contributed by atoms with Crippen molar-refractivity contribution in [1.82, 2.24) is 5.32 Å². The fraction of sp³-hybridized carbons (Fsp3) is 0.435. The molecule has 1 saturated carbocycles. The van der Waals surface area contributed by atoms with Crippen molar-refractivity contribution < 1.29 is 13.2 Å². The van der Waals surface area contributed by atoms with Crippen molar-refractivity contribution in [2.75, 3.05) is 10.8 Å². The molecule has 1 amide bonds. The second-order valence-corrected chi connectivity index (χ2v) is 9.66. The van der Waals surface area contributed by atoms with Gasteiger partial charge in [-0.15, -0.1) is 0 Å². The van der Waals surface area contributed by atoms with Crippen LogP contribution in [-0.4, -0.2) is 26.9 Å². The van der Waals surface area contributed by atoms with Gasteiger partial charge in [-0.25, -0.2) is 8.42 Å². The minimum atomic E-state index is -3.86. The summed E-state index contributed by atoms with van der Waals surface area (Å²) in [6.45, 7) is 3.61. The molecule has 0 bridgehead atoms. The number of benzene rings is 2. The molecule has 0 aromatic heterocycles. The first-order chi connectivity index (χ1) is 13.9. The lowest BCUT2D eigenvalue weighted by Crippen LogP contribution is -2.44. The Hall–Kier alpha value is -2.34. The molecule has 5 nitrogen and oxygen atoms in total. The van der Waals surface area contributed by atoms with Crippen LogP contribution in [0, 0.1) is 13.8 Å². The highest BCUT2D eigenvalue weighted by Gasteiger charge is 2.29. The summed E-state index contributed by atoms with van der Waals surface area (Å²) in [4.78, 5) is 13.0. The zero-order valence-corrected chi connectivity index (χ0v) is 18.0. The predicted octanol–water partition coefficient (Wildman–Crippen LogP) is 4.34. The standard InChI is InChI=1S/C23H30N2O3S/c1-18-11-10-16-22(19(18)2)25(29(27,28)21-14-8-5-9-15-21)17-23(26)24-20-12-6-3-4-7-13-20/h5,8-11,14-16,20H,3-4,6-7,12-13,17H2,1-2H3,(H,24,26). The summed E-state index contributed by atoms with van der Waals surface area (Å²) in [5.74, 6) is -0.252. The lowest BCUT2D eigenvalue weighted by Gasteiger charge is -2.27. The largest absolute Gasteiger partial charge is 0.352 e. The van der Waals surface area contributed by atoms with Gasteiger partial charge in [-0.2, -0.15) is 0 Å². The third-order valence-electron chi connectivity index (χ3n) is 5.68. The van der Waals surface area contributed by atoms with Gasteiger partial charge in [-0.3, -0.25) is 9.10 Å². The van der Waals surface area contributed by atoms with E-state index in [1.807, 2.05) is 26.0 Å². The summed E-state index contributed by atoms with van der Waals surface area (Å²) in [5, 5.41) is 3.07. The van der Waals surface area contributed by atoms with E-state index in [9.17, 15) is 13.2 Å². The highest BCUT2D eigenvalue weighted by Crippen LogP contribution is 2.28. The average Bonchev–Trinajstić information content (AvgIpc) is 2.98. The van der Waals surface area contributed by atoms with E-state index in [4.69, 9.17) is 0 Å². The minimum Gasteiger partial charge on any atom is -0.352 e. The van der Waals surface area contributed by atoms with E-state index in [2.05, 4.69) is 5.32 Å². The molecule has 6 heteroatoms. The van der Waals surface area contributed by atoms with Gasteiger partial charge in [0.05, 0.1) is 10.6 Å². The summed E-state index contributed by atoms with van der Waals surface area (Å²) in [6.07, 6.45) is 6.52. The predicted molar refractivity (Wildman–Crippen MR) is 117 cm³/mol. The molecule has 0 unspecified atom stereocenters. The van der Waals surface area contributed by atoms with Gasteiger partial charge in [0.25, 0.3) is 10.0 Å². The van der Waals surface area contributed by atoms with Crippen molar-refractivity contribution in [2.24, 2.45) is 0 Å². The van der Waals surface area contributed by atoms with Crippen molar-refractivity contribution in [2.45, 2.75) is 63.3 Å². The quantitative estimate of drug-likeness (QED) is 0.715. The van der Waals surface area contributed by atoms with E-state index < -0.39 is 10.0 Å². The van der Waals surface area contributed by atoms with E-state index in [0.29, 0.717) is 5.69 Å². The van der Waals surface area contributed by atoms with Crippen molar-refractivity contribution >= 4 is 21.6 Å². The Balaban J connectivity index is 1.91. The van der Waals surface area contributed by atoms with Crippen molar-refractivity contribution in [3.8, 4) is 0 Å². The summed E-state index contributed by atoms with van der Waals surface area (Å²) in [6, 6.07) is 14.0. The normalized spacial score (nSPS) is 15.5. The molecule has 1 N–H and O–H groups in total. The molecule has 2 aromatic rings. The molecule has 0 atom stereocenters. The lowest BCUT2D eigenvalue weighted by atomic mass is 10.1. The van der Waals surface area contributed by atoms with Crippen LogP contribution in [-0.2, 0) is 14.8 Å². The Morgan fingerprint density at radius 1 is 0.966 bits per heavy atom. The van der Waals surface area contributed by atoms with Gasteiger partial charge in [-0.05, 0) is 56.0 Å². The fourth-order valence-electron chi connectivity index (χ4n) is 3.85. The lowest BCUT2D eigenvalue weighted by molar-refractivity contribution is -0.120. The van der Waals surface area contributed by atoms with Crippen molar-refractivity contribution in [1.29, 1.82) is 0 Å². The second-order valence-electron chi connectivity index (χ2n) is 7.80. The van der Waals surface area contributed by atoms with Crippen LogP contribution in [0.4, 0.5) is 5.69 Å². The van der Waals surface area contributed by atoms with Gasteiger partial charge < -0.3 is 5.32 Å². The maximum absolute atomic E-state index is 13.4. The van der Waals surface area contributed by atoms with E-state index in [1.54, 1.807) is 36.4 Å². The number of nitrogens with one attached hydrogen (secondary N) is 1. The Labute approximate surface area is 174 Å². The molecule has 0 spiro atoms. The van der Waals surface area contributed by atoms with Crippen LogP contribution in [0.1, 0.15) is 49.7 Å². The Morgan fingerprint density at radius 2 is 1.62 bits per heavy atom. The summed E-state index contributed by atoms with van der Waals surface area (Å²) < 4.78 is 28.1. The van der Waals surface area contributed by atoms with Crippen LogP contribution in [0.2, 0.25) is 0 Å².